The Bertz CT molecular complexity index is 688. The standard InChI is InChI=1S/C15H26N6O9S/c1-9(16)3-4-11(22)19-10(14(26)17-5-13(24)25)6-31-7-12(23)18-8-15(2,20(27)28)21(29)30/h9-10H,3-8,16H2,1-2H3,(H,17,26)(H,18,23)(H,19,22)(H,24,25). The molecule has 16 heteroatoms. The molecule has 6 N–H and O–H groups in total. The van der Waals surface area contributed by atoms with Crippen LogP contribution in [0.4, 0.5) is 0 Å². The molecule has 0 aliphatic rings. The third-order valence-electron chi connectivity index (χ3n) is 3.82. The van der Waals surface area contributed by atoms with Crippen molar-refractivity contribution in [3.8, 4) is 0 Å². The van der Waals surface area contributed by atoms with Gasteiger partial charge < -0.3 is 26.8 Å². The molecule has 3 amide bonds. The molecule has 0 saturated carbocycles. The molecule has 0 bridgehead atoms. The average molecular weight is 466 g/mol. The Morgan fingerprint density at radius 3 is 2.19 bits per heavy atom. The number of amides is 3. The second-order valence-electron chi connectivity index (χ2n) is 6.77. The zero-order chi connectivity index (χ0) is 24.2. The highest BCUT2D eigenvalue weighted by Crippen LogP contribution is 2.09. The fourth-order valence-corrected chi connectivity index (χ4v) is 2.75. The molecule has 176 valence electrons. The number of nitrogens with zero attached hydrogens (tertiary/aromatic N) is 2. The van der Waals surface area contributed by atoms with E-state index in [0.717, 1.165) is 18.7 Å². The number of hydrogen-bond acceptors (Lipinski definition) is 10. The van der Waals surface area contributed by atoms with Crippen molar-refractivity contribution < 1.29 is 34.1 Å². The predicted molar refractivity (Wildman–Crippen MR) is 108 cm³/mol. The van der Waals surface area contributed by atoms with Gasteiger partial charge in [-0.3, -0.25) is 39.4 Å². The van der Waals surface area contributed by atoms with Crippen LogP contribution in [0.1, 0.15) is 26.7 Å². The van der Waals surface area contributed by atoms with Gasteiger partial charge in [0, 0.05) is 18.2 Å². The summed E-state index contributed by atoms with van der Waals surface area (Å²) < 4.78 is 0. The molecule has 0 fully saturated rings. The van der Waals surface area contributed by atoms with Crippen LogP contribution >= 0.6 is 11.8 Å². The average Bonchev–Trinajstić information content (AvgIpc) is 2.67. The maximum Gasteiger partial charge on any atom is 0.472 e. The summed E-state index contributed by atoms with van der Waals surface area (Å²) in [5.74, 6) is -3.76. The van der Waals surface area contributed by atoms with Crippen molar-refractivity contribution >= 4 is 35.5 Å². The second-order valence-corrected chi connectivity index (χ2v) is 7.80. The minimum Gasteiger partial charge on any atom is -0.480 e. The highest BCUT2D eigenvalue weighted by atomic mass is 32.2. The SMILES string of the molecule is CC(N)CCC(=O)NC(CSCC(=O)NCC(C)([N+](=O)[O-])[N+](=O)[O-])C(=O)NCC(=O)O. The third-order valence-corrected chi connectivity index (χ3v) is 4.85. The van der Waals surface area contributed by atoms with Gasteiger partial charge in [0.1, 0.15) is 22.4 Å². The highest BCUT2D eigenvalue weighted by Gasteiger charge is 2.50. The van der Waals surface area contributed by atoms with Gasteiger partial charge in [0.15, 0.2) is 6.54 Å². The first-order valence-electron chi connectivity index (χ1n) is 8.97. The monoisotopic (exact) mass is 466 g/mol. The van der Waals surface area contributed by atoms with Crippen LogP contribution in [0, 0.1) is 20.2 Å². The van der Waals surface area contributed by atoms with Gasteiger partial charge in [0.2, 0.25) is 17.7 Å². The molecule has 0 heterocycles. The zero-order valence-corrected chi connectivity index (χ0v) is 17.8. The Morgan fingerprint density at radius 2 is 1.71 bits per heavy atom. The number of carboxylic acid groups (broad SMARTS) is 1. The number of rotatable bonds is 15. The van der Waals surface area contributed by atoms with Crippen LogP contribution in [-0.2, 0) is 19.2 Å². The number of carbonyl (C=O) groups is 4. The molecule has 2 atom stereocenters. The van der Waals surface area contributed by atoms with Crippen molar-refractivity contribution in [2.45, 2.75) is 44.4 Å². The fourth-order valence-electron chi connectivity index (χ4n) is 1.88. The molecular weight excluding hydrogens is 440 g/mol. The summed E-state index contributed by atoms with van der Waals surface area (Å²) in [7, 11) is 0. The molecule has 31 heavy (non-hydrogen) atoms. The summed E-state index contributed by atoms with van der Waals surface area (Å²) in [4.78, 5) is 66.0. The van der Waals surface area contributed by atoms with E-state index in [0.29, 0.717) is 6.42 Å². The lowest BCUT2D eigenvalue weighted by Crippen LogP contribution is -2.52. The Hall–Kier alpha value is -3.01. The number of hydrogen-bond donors (Lipinski definition) is 5. The van der Waals surface area contributed by atoms with Gasteiger partial charge in [-0.2, -0.15) is 0 Å². The van der Waals surface area contributed by atoms with E-state index in [1.54, 1.807) is 6.92 Å². The first-order chi connectivity index (χ1) is 14.3. The van der Waals surface area contributed by atoms with Crippen molar-refractivity contribution in [3.63, 3.8) is 0 Å². The molecule has 0 aromatic carbocycles. The predicted octanol–water partition coefficient (Wildman–Crippen LogP) is -2.08. The molecule has 0 saturated heterocycles. The van der Waals surface area contributed by atoms with Crippen LogP contribution in [0.15, 0.2) is 0 Å². The second kappa shape index (κ2) is 13.3. The summed E-state index contributed by atoms with van der Waals surface area (Å²) in [6, 6.07) is -1.40. The molecule has 0 aromatic heterocycles. The maximum absolute atomic E-state index is 12.1. The first kappa shape index (κ1) is 28.0. The van der Waals surface area contributed by atoms with Crippen LogP contribution < -0.4 is 21.7 Å². The number of aliphatic carboxylic acids is 1. The van der Waals surface area contributed by atoms with Crippen LogP contribution in [0.3, 0.4) is 0 Å². The van der Waals surface area contributed by atoms with E-state index in [9.17, 15) is 39.4 Å². The van der Waals surface area contributed by atoms with Crippen molar-refractivity contribution in [2.24, 2.45) is 5.73 Å². The molecule has 0 radical (unpaired) electrons. The van der Waals surface area contributed by atoms with Crippen molar-refractivity contribution in [1.82, 2.24) is 16.0 Å². The molecule has 0 aliphatic carbocycles. The molecule has 15 nitrogen and oxygen atoms in total. The number of carbonyl (C=O) groups excluding carboxylic acids is 3. The van der Waals surface area contributed by atoms with Gasteiger partial charge in [-0.05, 0) is 13.3 Å². The number of nitrogens with two attached hydrogens (primary N) is 1. The van der Waals surface area contributed by atoms with Crippen molar-refractivity contribution in [2.75, 3.05) is 24.6 Å². The Kier molecular flexibility index (Phi) is 12.0. The van der Waals surface area contributed by atoms with E-state index in [1.165, 1.54) is 0 Å². The van der Waals surface area contributed by atoms with Crippen LogP contribution in [0.25, 0.3) is 0 Å². The minimum absolute atomic E-state index is 0.0336. The largest absolute Gasteiger partial charge is 0.480 e. The minimum atomic E-state index is -2.59. The van der Waals surface area contributed by atoms with Crippen LogP contribution in [-0.4, -0.2) is 81.0 Å². The lowest BCUT2D eigenvalue weighted by molar-refractivity contribution is -0.788. The van der Waals surface area contributed by atoms with Gasteiger partial charge in [0.05, 0.1) is 12.7 Å². The Balaban J connectivity index is 4.78. The van der Waals surface area contributed by atoms with Gasteiger partial charge in [-0.15, -0.1) is 11.8 Å². The molecular formula is C15H26N6O9S. The van der Waals surface area contributed by atoms with Gasteiger partial charge >= 0.3 is 11.6 Å². The topological polar surface area (TPSA) is 237 Å². The van der Waals surface area contributed by atoms with Crippen LogP contribution in [0.5, 0.6) is 0 Å². The maximum atomic E-state index is 12.1. The van der Waals surface area contributed by atoms with Gasteiger partial charge in [-0.25, -0.2) is 0 Å². The third kappa shape index (κ3) is 11.1. The lowest BCUT2D eigenvalue weighted by Gasteiger charge is -2.18. The molecule has 2 unspecified atom stereocenters. The normalized spacial score (nSPS) is 12.9. The molecule has 0 spiro atoms. The van der Waals surface area contributed by atoms with E-state index in [1.807, 2.05) is 0 Å². The molecule has 0 aromatic rings. The van der Waals surface area contributed by atoms with Crippen LogP contribution in [0.2, 0.25) is 0 Å². The van der Waals surface area contributed by atoms with E-state index in [-0.39, 0.29) is 24.0 Å². The van der Waals surface area contributed by atoms with Crippen molar-refractivity contribution in [1.29, 1.82) is 0 Å². The van der Waals surface area contributed by atoms with Gasteiger partial charge in [-0.1, -0.05) is 0 Å². The summed E-state index contributed by atoms with van der Waals surface area (Å²) in [6.07, 6.45) is 0.391. The summed E-state index contributed by atoms with van der Waals surface area (Å²) >= 11 is 0.866. The smallest absolute Gasteiger partial charge is 0.472 e. The van der Waals surface area contributed by atoms with E-state index in [4.69, 9.17) is 10.8 Å². The lowest BCUT2D eigenvalue weighted by atomic mass is 10.2. The highest BCUT2D eigenvalue weighted by molar-refractivity contribution is 8.00. The summed E-state index contributed by atoms with van der Waals surface area (Å²) in [6.45, 7) is 0.933. The van der Waals surface area contributed by atoms with Crippen molar-refractivity contribution in [3.05, 3.63) is 20.2 Å². The number of thioether (sulfide) groups is 1. The first-order valence-corrected chi connectivity index (χ1v) is 10.1. The summed E-state index contributed by atoms with van der Waals surface area (Å²) in [5, 5.41) is 36.9. The number of nitro groups is 2. The van der Waals surface area contributed by atoms with Gasteiger partial charge in [0.25, 0.3) is 0 Å². The Labute approximate surface area is 181 Å². The number of nitrogens with one attached hydrogen (secondary N) is 3. The Morgan fingerprint density at radius 1 is 1.13 bits per heavy atom. The van der Waals surface area contributed by atoms with E-state index < -0.39 is 58.3 Å². The zero-order valence-electron chi connectivity index (χ0n) is 17.0. The molecule has 0 aliphatic heterocycles. The van der Waals surface area contributed by atoms with E-state index in [2.05, 4.69) is 16.0 Å². The molecule has 0 rings (SSSR count). The van der Waals surface area contributed by atoms with E-state index >= 15 is 0 Å². The summed E-state index contributed by atoms with van der Waals surface area (Å²) in [5.41, 5.74) is 2.98. The quantitative estimate of drug-likeness (QED) is 0.0996. The number of carboxylic acids is 1. The fraction of sp³-hybridized carbons (Fsp3) is 0.733.